The van der Waals surface area contributed by atoms with Gasteiger partial charge in [-0.05, 0) is 60.4 Å². The molecule has 2 aromatic carbocycles. The minimum atomic E-state index is -4.01. The number of nitrogens with one attached hydrogen (secondary N) is 1. The highest BCUT2D eigenvalue weighted by Crippen LogP contribution is 2.31. The molecule has 1 unspecified atom stereocenters. The van der Waals surface area contributed by atoms with Crippen LogP contribution in [0.5, 0.6) is 0 Å². The van der Waals surface area contributed by atoms with Gasteiger partial charge in [0.2, 0.25) is 0 Å². The van der Waals surface area contributed by atoms with Crippen LogP contribution in [0.2, 0.25) is 0 Å². The van der Waals surface area contributed by atoms with E-state index >= 15 is 0 Å². The average Bonchev–Trinajstić information content (AvgIpc) is 3.25. The van der Waals surface area contributed by atoms with E-state index in [1.54, 1.807) is 12.1 Å². The van der Waals surface area contributed by atoms with Crippen LogP contribution in [0, 0.1) is 5.92 Å². The molecule has 0 aromatic heterocycles. The van der Waals surface area contributed by atoms with Gasteiger partial charge < -0.3 is 24.7 Å². The third kappa shape index (κ3) is 6.16. The highest BCUT2D eigenvalue weighted by Gasteiger charge is 2.27. The number of ether oxygens (including phenoxy) is 2. The van der Waals surface area contributed by atoms with Crippen LogP contribution >= 0.6 is 0 Å². The molecule has 188 valence electrons. The maximum absolute atomic E-state index is 13.7. The first-order valence-electron chi connectivity index (χ1n) is 11.4. The van der Waals surface area contributed by atoms with Crippen molar-refractivity contribution in [3.8, 4) is 0 Å². The second-order valence-corrected chi connectivity index (χ2v) is 10.6. The number of carboxylic acids is 1. The van der Waals surface area contributed by atoms with Crippen LogP contribution in [0.3, 0.4) is 0 Å². The number of aryl methyl sites for hydroxylation is 1. The first-order valence-corrected chi connectivity index (χ1v) is 12.9. The number of carboxylic acid groups (broad SMARTS) is 1. The minimum Gasteiger partial charge on any atom is -0.545 e. The zero-order valence-electron chi connectivity index (χ0n) is 20.2. The minimum absolute atomic E-state index is 0.0468. The Morgan fingerprint density at radius 2 is 1.91 bits per heavy atom. The van der Waals surface area contributed by atoms with Crippen molar-refractivity contribution in [2.45, 2.75) is 38.2 Å². The SMILES string of the molecule is C=C1OCC(CNc2ccc(S(=O)(=O)N(CC(C)C)c3ccc(CC)cc3)cc2C(=C)C(=O)[O-])O1. The quantitative estimate of drug-likeness (QED) is 0.473. The van der Waals surface area contributed by atoms with Crippen molar-refractivity contribution in [3.05, 3.63) is 72.7 Å². The van der Waals surface area contributed by atoms with Crippen molar-refractivity contribution in [1.29, 1.82) is 0 Å². The third-order valence-electron chi connectivity index (χ3n) is 5.56. The Hall–Kier alpha value is -3.46. The number of carbonyl (C=O) groups is 1. The largest absolute Gasteiger partial charge is 0.545 e. The van der Waals surface area contributed by atoms with Crippen molar-refractivity contribution in [1.82, 2.24) is 0 Å². The predicted octanol–water partition coefficient (Wildman–Crippen LogP) is 3.16. The molecule has 1 saturated heterocycles. The van der Waals surface area contributed by atoms with Gasteiger partial charge in [0.25, 0.3) is 16.0 Å². The van der Waals surface area contributed by atoms with Gasteiger partial charge in [-0.25, -0.2) is 8.42 Å². The second-order valence-electron chi connectivity index (χ2n) is 8.73. The number of rotatable bonds is 11. The molecule has 0 amide bonds. The van der Waals surface area contributed by atoms with Crippen LogP contribution in [-0.4, -0.2) is 40.2 Å². The molecule has 0 saturated carbocycles. The lowest BCUT2D eigenvalue weighted by atomic mass is 10.1. The van der Waals surface area contributed by atoms with E-state index in [1.807, 2.05) is 32.9 Å². The maximum atomic E-state index is 13.7. The summed E-state index contributed by atoms with van der Waals surface area (Å²) in [6, 6.07) is 11.7. The Kier molecular flexibility index (Phi) is 8.11. The van der Waals surface area contributed by atoms with E-state index < -0.39 is 16.0 Å². The zero-order valence-corrected chi connectivity index (χ0v) is 21.1. The lowest BCUT2D eigenvalue weighted by molar-refractivity contribution is -0.295. The van der Waals surface area contributed by atoms with Gasteiger partial charge in [-0.15, -0.1) is 0 Å². The summed E-state index contributed by atoms with van der Waals surface area (Å²) in [5, 5.41) is 14.7. The topological polar surface area (TPSA) is 108 Å². The molecule has 1 N–H and O–H groups in total. The summed E-state index contributed by atoms with van der Waals surface area (Å²) < 4.78 is 39.4. The van der Waals surface area contributed by atoms with Crippen LogP contribution in [0.4, 0.5) is 11.4 Å². The normalized spacial score (nSPS) is 15.4. The lowest BCUT2D eigenvalue weighted by Crippen LogP contribution is -2.34. The first-order chi connectivity index (χ1) is 16.5. The van der Waals surface area contributed by atoms with Gasteiger partial charge in [-0.3, -0.25) is 4.31 Å². The Morgan fingerprint density at radius 1 is 1.23 bits per heavy atom. The Morgan fingerprint density at radius 3 is 2.46 bits per heavy atom. The first kappa shape index (κ1) is 26.2. The molecule has 0 radical (unpaired) electrons. The van der Waals surface area contributed by atoms with E-state index in [0.717, 1.165) is 12.0 Å². The molecule has 0 bridgehead atoms. The van der Waals surface area contributed by atoms with Gasteiger partial charge in [0, 0.05) is 17.8 Å². The molecule has 2 aromatic rings. The summed E-state index contributed by atoms with van der Waals surface area (Å²) in [5.41, 5.74) is 1.81. The molecular formula is C26H31N2O6S-. The fraction of sp³-hybridized carbons (Fsp3) is 0.346. The monoisotopic (exact) mass is 499 g/mol. The van der Waals surface area contributed by atoms with E-state index in [-0.39, 0.29) is 40.5 Å². The van der Waals surface area contributed by atoms with Crippen LogP contribution < -0.4 is 14.7 Å². The van der Waals surface area contributed by atoms with E-state index in [2.05, 4.69) is 18.5 Å². The number of carbonyl (C=O) groups excluding carboxylic acids is 1. The summed E-state index contributed by atoms with van der Waals surface area (Å²) in [6.45, 7) is 13.9. The van der Waals surface area contributed by atoms with Crippen LogP contribution in [0.1, 0.15) is 31.9 Å². The van der Waals surface area contributed by atoms with Gasteiger partial charge in [0.05, 0.1) is 23.1 Å². The molecule has 0 aliphatic carbocycles. The van der Waals surface area contributed by atoms with Gasteiger partial charge in [0.1, 0.15) is 6.61 Å². The Bertz CT molecular complexity index is 1200. The Balaban J connectivity index is 1.99. The number of hydrogen-bond donors (Lipinski definition) is 1. The maximum Gasteiger partial charge on any atom is 0.272 e. The summed E-state index contributed by atoms with van der Waals surface area (Å²) in [5.74, 6) is -1.22. The highest BCUT2D eigenvalue weighted by molar-refractivity contribution is 7.92. The van der Waals surface area contributed by atoms with E-state index in [9.17, 15) is 18.3 Å². The third-order valence-corrected chi connectivity index (χ3v) is 7.35. The zero-order chi connectivity index (χ0) is 25.8. The summed E-state index contributed by atoms with van der Waals surface area (Å²) in [4.78, 5) is 11.6. The van der Waals surface area contributed by atoms with Crippen molar-refractivity contribution in [2.75, 3.05) is 29.3 Å². The molecule has 1 aliphatic rings. The number of nitrogens with zero attached hydrogens (tertiary/aromatic N) is 1. The highest BCUT2D eigenvalue weighted by atomic mass is 32.2. The molecule has 1 fully saturated rings. The number of hydrogen-bond acceptors (Lipinski definition) is 7. The average molecular weight is 500 g/mol. The predicted molar refractivity (Wildman–Crippen MR) is 134 cm³/mol. The van der Waals surface area contributed by atoms with Crippen LogP contribution in [0.25, 0.3) is 5.57 Å². The summed E-state index contributed by atoms with van der Waals surface area (Å²) >= 11 is 0. The molecular weight excluding hydrogens is 468 g/mol. The molecule has 3 rings (SSSR count). The van der Waals surface area contributed by atoms with Crippen LogP contribution in [-0.2, 0) is 30.7 Å². The molecule has 35 heavy (non-hydrogen) atoms. The number of sulfonamides is 1. The molecule has 1 heterocycles. The van der Waals surface area contributed by atoms with Gasteiger partial charge in [-0.1, -0.05) is 39.5 Å². The van der Waals surface area contributed by atoms with Gasteiger partial charge in [-0.2, -0.15) is 0 Å². The van der Waals surface area contributed by atoms with Crippen molar-refractivity contribution in [3.63, 3.8) is 0 Å². The summed E-state index contributed by atoms with van der Waals surface area (Å²) in [6.07, 6.45) is 0.523. The number of aliphatic carboxylic acids is 1. The molecule has 8 nitrogen and oxygen atoms in total. The van der Waals surface area contributed by atoms with E-state index in [0.29, 0.717) is 24.5 Å². The molecule has 1 atom stereocenters. The van der Waals surface area contributed by atoms with E-state index in [1.165, 1.54) is 22.5 Å². The van der Waals surface area contributed by atoms with E-state index in [4.69, 9.17) is 9.47 Å². The molecule has 0 spiro atoms. The standard InChI is InChI=1S/C26H32N2O6S/c1-6-20-7-9-21(10-8-20)28(15-17(2)3)35(31,32)23-11-12-25(24(13-23)18(4)26(29)30)27-14-22-16-33-19(5)34-22/h7-13,17,22,27H,4-6,14-16H2,1-3H3,(H,29,30)/p-1. The Labute approximate surface area is 206 Å². The van der Waals surface area contributed by atoms with Crippen molar-refractivity contribution in [2.24, 2.45) is 5.92 Å². The van der Waals surface area contributed by atoms with Crippen molar-refractivity contribution >= 4 is 32.9 Å². The number of benzene rings is 2. The van der Waals surface area contributed by atoms with Crippen LogP contribution in [0.15, 0.2) is 66.5 Å². The molecule has 1 aliphatic heterocycles. The molecule has 9 heteroatoms. The smallest absolute Gasteiger partial charge is 0.272 e. The fourth-order valence-corrected chi connectivity index (χ4v) is 5.32. The summed E-state index contributed by atoms with van der Waals surface area (Å²) in [7, 11) is -4.01. The second kappa shape index (κ2) is 10.9. The fourth-order valence-electron chi connectivity index (χ4n) is 3.66. The number of anilines is 2. The van der Waals surface area contributed by atoms with Gasteiger partial charge >= 0.3 is 0 Å². The van der Waals surface area contributed by atoms with Crippen molar-refractivity contribution < 1.29 is 27.8 Å². The van der Waals surface area contributed by atoms with Gasteiger partial charge in [0.15, 0.2) is 6.10 Å². The lowest BCUT2D eigenvalue weighted by Gasteiger charge is -2.27.